The van der Waals surface area contributed by atoms with E-state index in [4.69, 9.17) is 5.73 Å². The van der Waals surface area contributed by atoms with E-state index in [1.54, 1.807) is 0 Å². The number of aromatic nitrogens is 2. The number of aryl methyl sites for hydroxylation is 3. The maximum atomic E-state index is 5.98. The largest absolute Gasteiger partial charge is 0.394 e. The minimum absolute atomic E-state index is 0.611. The summed E-state index contributed by atoms with van der Waals surface area (Å²) in [6, 6.07) is 6.21. The van der Waals surface area contributed by atoms with Gasteiger partial charge in [0.05, 0.1) is 11.4 Å². The quantitative estimate of drug-likeness (QED) is 0.910. The molecule has 2 aromatic rings. The molecule has 0 radical (unpaired) electrons. The molecule has 0 saturated carbocycles. The van der Waals surface area contributed by atoms with Crippen LogP contribution < -0.4 is 11.1 Å². The van der Waals surface area contributed by atoms with Crippen molar-refractivity contribution >= 4 is 27.4 Å². The van der Waals surface area contributed by atoms with E-state index in [9.17, 15) is 0 Å². The number of nitrogens with zero attached hydrogens (tertiary/aromatic N) is 2. The Balaban J connectivity index is 2.19. The fourth-order valence-corrected chi connectivity index (χ4v) is 2.37. The molecule has 0 aliphatic carbocycles. The molecule has 100 valence electrons. The van der Waals surface area contributed by atoms with Crippen molar-refractivity contribution in [3.05, 3.63) is 45.3 Å². The SMILES string of the molecule is Cc1nc(C)c(N)c(NCc2ccc(Br)cc2C)n1. The molecule has 0 bridgehead atoms. The van der Waals surface area contributed by atoms with Gasteiger partial charge in [0.25, 0.3) is 0 Å². The van der Waals surface area contributed by atoms with Crippen LogP contribution in [0.25, 0.3) is 0 Å². The van der Waals surface area contributed by atoms with Gasteiger partial charge >= 0.3 is 0 Å². The first-order valence-electron chi connectivity index (χ1n) is 6.07. The zero-order chi connectivity index (χ0) is 14.0. The molecule has 0 unspecified atom stereocenters. The van der Waals surface area contributed by atoms with E-state index in [1.807, 2.05) is 19.9 Å². The van der Waals surface area contributed by atoms with Gasteiger partial charge in [-0.25, -0.2) is 9.97 Å². The van der Waals surface area contributed by atoms with E-state index in [-0.39, 0.29) is 0 Å². The summed E-state index contributed by atoms with van der Waals surface area (Å²) in [4.78, 5) is 8.57. The van der Waals surface area contributed by atoms with E-state index >= 15 is 0 Å². The summed E-state index contributed by atoms with van der Waals surface area (Å²) in [5.41, 5.74) is 9.85. The number of hydrogen-bond donors (Lipinski definition) is 2. The molecule has 0 atom stereocenters. The summed E-state index contributed by atoms with van der Waals surface area (Å²) >= 11 is 3.46. The van der Waals surface area contributed by atoms with Crippen molar-refractivity contribution in [2.75, 3.05) is 11.1 Å². The lowest BCUT2D eigenvalue weighted by molar-refractivity contribution is 0.994. The summed E-state index contributed by atoms with van der Waals surface area (Å²) in [5.74, 6) is 1.43. The average molecular weight is 321 g/mol. The van der Waals surface area contributed by atoms with Crippen LogP contribution in [0.5, 0.6) is 0 Å². The molecule has 0 aliphatic rings. The monoisotopic (exact) mass is 320 g/mol. The van der Waals surface area contributed by atoms with Gasteiger partial charge in [0, 0.05) is 11.0 Å². The molecule has 1 aromatic carbocycles. The number of hydrogen-bond acceptors (Lipinski definition) is 4. The lowest BCUT2D eigenvalue weighted by atomic mass is 10.1. The molecule has 1 heterocycles. The molecule has 4 nitrogen and oxygen atoms in total. The number of nitrogens with two attached hydrogens (primary N) is 1. The molecule has 0 saturated heterocycles. The Morgan fingerprint density at radius 3 is 2.63 bits per heavy atom. The first-order valence-corrected chi connectivity index (χ1v) is 6.86. The Morgan fingerprint density at radius 1 is 1.21 bits per heavy atom. The highest BCUT2D eigenvalue weighted by Crippen LogP contribution is 2.21. The molecule has 0 fully saturated rings. The van der Waals surface area contributed by atoms with E-state index < -0.39 is 0 Å². The van der Waals surface area contributed by atoms with E-state index in [0.29, 0.717) is 18.1 Å². The third-order valence-corrected chi connectivity index (χ3v) is 3.49. The molecule has 2 rings (SSSR count). The number of rotatable bonds is 3. The topological polar surface area (TPSA) is 63.8 Å². The summed E-state index contributed by atoms with van der Waals surface area (Å²) in [6.07, 6.45) is 0. The van der Waals surface area contributed by atoms with Gasteiger partial charge in [-0.15, -0.1) is 0 Å². The minimum atomic E-state index is 0.611. The van der Waals surface area contributed by atoms with Crippen LogP contribution >= 0.6 is 15.9 Å². The fraction of sp³-hybridized carbons (Fsp3) is 0.286. The number of halogens is 1. The lowest BCUT2D eigenvalue weighted by Crippen LogP contribution is -2.09. The van der Waals surface area contributed by atoms with Crippen LogP contribution in [0.1, 0.15) is 22.6 Å². The highest BCUT2D eigenvalue weighted by Gasteiger charge is 2.07. The Morgan fingerprint density at radius 2 is 1.95 bits per heavy atom. The van der Waals surface area contributed by atoms with Crippen LogP contribution in [0.2, 0.25) is 0 Å². The number of nitrogen functional groups attached to an aromatic ring is 1. The van der Waals surface area contributed by atoms with Crippen molar-refractivity contribution in [1.82, 2.24) is 9.97 Å². The highest BCUT2D eigenvalue weighted by molar-refractivity contribution is 9.10. The van der Waals surface area contributed by atoms with Crippen molar-refractivity contribution < 1.29 is 0 Å². The number of anilines is 2. The summed E-state index contributed by atoms with van der Waals surface area (Å²) in [6.45, 7) is 6.53. The van der Waals surface area contributed by atoms with Crippen LogP contribution in [0.3, 0.4) is 0 Å². The zero-order valence-electron chi connectivity index (χ0n) is 11.3. The van der Waals surface area contributed by atoms with Crippen molar-refractivity contribution in [1.29, 1.82) is 0 Å². The molecule has 0 aliphatic heterocycles. The minimum Gasteiger partial charge on any atom is -0.394 e. The van der Waals surface area contributed by atoms with Gasteiger partial charge in [0.1, 0.15) is 5.82 Å². The van der Waals surface area contributed by atoms with E-state index in [2.05, 4.69) is 50.3 Å². The Kier molecular flexibility index (Phi) is 4.04. The second kappa shape index (κ2) is 5.57. The van der Waals surface area contributed by atoms with Crippen molar-refractivity contribution in [2.45, 2.75) is 27.3 Å². The summed E-state index contributed by atoms with van der Waals surface area (Å²) < 4.78 is 1.09. The first-order chi connectivity index (χ1) is 8.97. The van der Waals surface area contributed by atoms with Crippen LogP contribution in [0, 0.1) is 20.8 Å². The molecule has 1 aromatic heterocycles. The van der Waals surface area contributed by atoms with Gasteiger partial charge < -0.3 is 11.1 Å². The maximum Gasteiger partial charge on any atom is 0.153 e. The fourth-order valence-electron chi connectivity index (χ4n) is 1.89. The summed E-state index contributed by atoms with van der Waals surface area (Å²) in [7, 11) is 0. The van der Waals surface area contributed by atoms with Crippen LogP contribution in [0.4, 0.5) is 11.5 Å². The van der Waals surface area contributed by atoms with Crippen LogP contribution in [0.15, 0.2) is 22.7 Å². The van der Waals surface area contributed by atoms with Gasteiger partial charge in [-0.2, -0.15) is 0 Å². The molecule has 0 spiro atoms. The first kappa shape index (κ1) is 13.8. The Hall–Kier alpha value is -1.62. The van der Waals surface area contributed by atoms with Gasteiger partial charge in [0.2, 0.25) is 0 Å². The second-order valence-corrected chi connectivity index (χ2v) is 5.46. The third-order valence-electron chi connectivity index (χ3n) is 3.00. The van der Waals surface area contributed by atoms with Crippen molar-refractivity contribution in [2.24, 2.45) is 0 Å². The standard InChI is InChI=1S/C14H17BrN4/c1-8-6-12(15)5-4-11(8)7-17-14-13(16)9(2)18-10(3)19-14/h4-6H,7,16H2,1-3H3,(H,17,18,19). The molecule has 5 heteroatoms. The predicted molar refractivity (Wildman–Crippen MR) is 82.1 cm³/mol. The normalized spacial score (nSPS) is 10.5. The number of nitrogens with one attached hydrogen (secondary N) is 1. The average Bonchev–Trinajstić information content (AvgIpc) is 2.33. The van der Waals surface area contributed by atoms with E-state index in [0.717, 1.165) is 16.0 Å². The van der Waals surface area contributed by atoms with Gasteiger partial charge in [-0.3, -0.25) is 0 Å². The van der Waals surface area contributed by atoms with Crippen LogP contribution in [-0.2, 0) is 6.54 Å². The van der Waals surface area contributed by atoms with Crippen molar-refractivity contribution in [3.63, 3.8) is 0 Å². The lowest BCUT2D eigenvalue weighted by Gasteiger charge is -2.12. The zero-order valence-corrected chi connectivity index (χ0v) is 12.9. The van der Waals surface area contributed by atoms with Gasteiger partial charge in [0.15, 0.2) is 5.82 Å². The number of benzene rings is 1. The van der Waals surface area contributed by atoms with Gasteiger partial charge in [-0.1, -0.05) is 22.0 Å². The second-order valence-electron chi connectivity index (χ2n) is 4.54. The molecule has 19 heavy (non-hydrogen) atoms. The molecular weight excluding hydrogens is 304 g/mol. The molecule has 0 amide bonds. The van der Waals surface area contributed by atoms with Crippen LogP contribution in [-0.4, -0.2) is 9.97 Å². The highest BCUT2D eigenvalue weighted by atomic mass is 79.9. The van der Waals surface area contributed by atoms with Gasteiger partial charge in [-0.05, 0) is 44.0 Å². The Labute approximate surface area is 121 Å². The maximum absolute atomic E-state index is 5.98. The molecular formula is C14H17BrN4. The smallest absolute Gasteiger partial charge is 0.153 e. The van der Waals surface area contributed by atoms with E-state index in [1.165, 1.54) is 11.1 Å². The molecule has 3 N–H and O–H groups in total. The predicted octanol–water partition coefficient (Wildman–Crippen LogP) is 3.36. The Bertz CT molecular complexity index is 611. The van der Waals surface area contributed by atoms with Crippen molar-refractivity contribution in [3.8, 4) is 0 Å². The summed E-state index contributed by atoms with van der Waals surface area (Å²) in [5, 5.41) is 3.28. The third kappa shape index (κ3) is 3.23.